The molecule has 8 nitrogen and oxygen atoms in total. The summed E-state index contributed by atoms with van der Waals surface area (Å²) in [5, 5.41) is 24.7. The van der Waals surface area contributed by atoms with Gasteiger partial charge in [0.2, 0.25) is 5.79 Å². The summed E-state index contributed by atoms with van der Waals surface area (Å²) in [6.45, 7) is 9.30. The number of aryl methyl sites for hydroxylation is 3. The number of hydrogen-bond donors (Lipinski definition) is 2. The van der Waals surface area contributed by atoms with Crippen LogP contribution >= 0.6 is 11.8 Å². The molecule has 9 heteroatoms. The van der Waals surface area contributed by atoms with Gasteiger partial charge in [0.1, 0.15) is 23.9 Å². The molecular weight excluding hydrogens is 745 g/mol. The predicted octanol–water partition coefficient (Wildman–Crippen LogP) is 10.3. The monoisotopic (exact) mass is 802 g/mol. The van der Waals surface area contributed by atoms with Crippen LogP contribution in [0.15, 0.2) is 121 Å². The Bertz CT molecular complexity index is 2020. The Hall–Kier alpha value is -4.41. The molecule has 306 valence electrons. The molecule has 0 amide bonds. The lowest BCUT2D eigenvalue weighted by Crippen LogP contribution is -2.64. The van der Waals surface area contributed by atoms with Gasteiger partial charge in [0.15, 0.2) is 0 Å². The minimum atomic E-state index is -1.03. The number of oxime groups is 1. The highest BCUT2D eigenvalue weighted by molar-refractivity contribution is 8.00. The summed E-state index contributed by atoms with van der Waals surface area (Å²) in [5.41, 5.74) is 7.83. The summed E-state index contributed by atoms with van der Waals surface area (Å²) in [6, 6.07) is 26.8. The van der Waals surface area contributed by atoms with Crippen LogP contribution in [-0.2, 0) is 22.6 Å². The second-order valence-corrected chi connectivity index (χ2v) is 17.1. The lowest BCUT2D eigenvalue weighted by Gasteiger charge is -2.58. The highest BCUT2D eigenvalue weighted by Crippen LogP contribution is 2.62. The van der Waals surface area contributed by atoms with Crippen LogP contribution in [0.2, 0.25) is 0 Å². The van der Waals surface area contributed by atoms with Crippen LogP contribution in [0.25, 0.3) is 0 Å². The standard InChI is InChI=1S/C49H58N2O6S/c1-4-27-54-49-46(58-28-22-36-20-23-50-24-21-36)32-44(51-55-33-37-12-6-5-7-13-37)42-30-38(14-8-10-25-52)41(15-9-11-26-53)47(48(42)49)43-31-40(18-19-45(43)57-49)56-39-17-16-34(2)35(3)29-39/h4-7,12-13,16-21,23-24,29-31,38,41,46-48,52-53H,1,8-11,14-15,22,25-28,32-33H2,2-3H3/t38-,41+,46-,47+,48+,49+/m0/s1. The second-order valence-electron chi connectivity index (χ2n) is 15.8. The van der Waals surface area contributed by atoms with Crippen LogP contribution in [0.3, 0.4) is 0 Å². The quantitative estimate of drug-likeness (QED) is 0.0517. The number of fused-ring (bicyclic) bond motifs is 2. The Morgan fingerprint density at radius 3 is 2.41 bits per heavy atom. The first kappa shape index (κ1) is 41.7. The van der Waals surface area contributed by atoms with Gasteiger partial charge < -0.3 is 29.3 Å². The van der Waals surface area contributed by atoms with Crippen LogP contribution in [0.5, 0.6) is 17.2 Å². The molecule has 1 saturated carbocycles. The van der Waals surface area contributed by atoms with Gasteiger partial charge in [-0.05, 0) is 134 Å². The van der Waals surface area contributed by atoms with E-state index in [-0.39, 0.29) is 42.1 Å². The van der Waals surface area contributed by atoms with E-state index in [4.69, 9.17) is 24.2 Å². The van der Waals surface area contributed by atoms with Crippen molar-refractivity contribution in [3.63, 3.8) is 0 Å². The molecule has 2 aliphatic carbocycles. The number of unbranched alkanes of at least 4 members (excludes halogenated alkanes) is 2. The fraction of sp³-hybridized carbons (Fsp3) is 0.429. The van der Waals surface area contributed by atoms with Crippen molar-refractivity contribution in [1.29, 1.82) is 0 Å². The maximum absolute atomic E-state index is 9.97. The fourth-order valence-electron chi connectivity index (χ4n) is 9.08. The van der Waals surface area contributed by atoms with Crippen LogP contribution in [0.4, 0.5) is 0 Å². The Morgan fingerprint density at radius 1 is 0.897 bits per heavy atom. The van der Waals surface area contributed by atoms with Crippen molar-refractivity contribution in [3.8, 4) is 17.2 Å². The molecule has 1 aromatic heterocycles. The molecule has 0 unspecified atom stereocenters. The molecule has 1 fully saturated rings. The van der Waals surface area contributed by atoms with Gasteiger partial charge in [-0.25, -0.2) is 0 Å². The number of benzene rings is 3. The predicted molar refractivity (Wildman–Crippen MR) is 233 cm³/mol. The van der Waals surface area contributed by atoms with E-state index in [0.29, 0.717) is 19.6 Å². The van der Waals surface area contributed by atoms with E-state index in [1.54, 1.807) is 0 Å². The van der Waals surface area contributed by atoms with Crippen LogP contribution in [0, 0.1) is 31.6 Å². The molecule has 3 aromatic carbocycles. The maximum atomic E-state index is 9.97. The minimum Gasteiger partial charge on any atom is -0.460 e. The number of aromatic nitrogens is 1. The molecule has 58 heavy (non-hydrogen) atoms. The first-order valence-electron chi connectivity index (χ1n) is 20.9. The Labute approximate surface area is 348 Å². The lowest BCUT2D eigenvalue weighted by molar-refractivity contribution is -0.223. The molecule has 0 spiro atoms. The van der Waals surface area contributed by atoms with Crippen molar-refractivity contribution in [1.82, 2.24) is 4.98 Å². The normalized spacial score (nSPS) is 24.0. The molecule has 6 atom stereocenters. The number of hydrogen-bond acceptors (Lipinski definition) is 9. The molecule has 2 N–H and O–H groups in total. The number of thioether (sulfide) groups is 1. The summed E-state index contributed by atoms with van der Waals surface area (Å²) < 4.78 is 21.1. The highest BCUT2D eigenvalue weighted by atomic mass is 32.2. The van der Waals surface area contributed by atoms with Gasteiger partial charge in [0.05, 0.1) is 23.5 Å². The average Bonchev–Trinajstić information content (AvgIpc) is 3.24. The van der Waals surface area contributed by atoms with Gasteiger partial charge in [0, 0.05) is 43.5 Å². The van der Waals surface area contributed by atoms with Crippen LogP contribution < -0.4 is 9.47 Å². The van der Waals surface area contributed by atoms with Gasteiger partial charge in [-0.15, -0.1) is 6.58 Å². The SMILES string of the molecule is C=CCO[C@@]12Oc3ccc(Oc4ccc(C)c(C)c4)cc3[C@H]3[C@H](CCCCO)[C@@H](CCCCO)C=C(C(=NOCc4ccccc4)C[C@@H]1SCCc1ccncc1)[C@H]32. The number of pyridine rings is 1. The second kappa shape index (κ2) is 20.0. The van der Waals surface area contributed by atoms with Crippen molar-refractivity contribution in [3.05, 3.63) is 143 Å². The van der Waals surface area contributed by atoms with Crippen molar-refractivity contribution < 1.29 is 29.3 Å². The van der Waals surface area contributed by atoms with E-state index >= 15 is 0 Å². The van der Waals surface area contributed by atoms with Gasteiger partial charge in [-0.3, -0.25) is 4.98 Å². The first-order valence-corrected chi connectivity index (χ1v) is 22.0. The molecular formula is C49H58N2O6S. The van der Waals surface area contributed by atoms with E-state index in [9.17, 15) is 10.2 Å². The highest BCUT2D eigenvalue weighted by Gasteiger charge is 2.64. The summed E-state index contributed by atoms with van der Waals surface area (Å²) in [4.78, 5) is 10.5. The number of rotatable bonds is 20. The van der Waals surface area contributed by atoms with Crippen molar-refractivity contribution >= 4 is 17.5 Å². The fourth-order valence-corrected chi connectivity index (χ4v) is 10.5. The van der Waals surface area contributed by atoms with E-state index in [1.165, 1.54) is 16.7 Å². The summed E-state index contributed by atoms with van der Waals surface area (Å²) >= 11 is 1.87. The van der Waals surface area contributed by atoms with Gasteiger partial charge in [-0.2, -0.15) is 11.8 Å². The van der Waals surface area contributed by atoms with Crippen LogP contribution in [-0.4, -0.2) is 57.5 Å². The van der Waals surface area contributed by atoms with Crippen molar-refractivity contribution in [2.45, 2.75) is 88.8 Å². The topological polar surface area (TPSA) is 103 Å². The molecule has 2 heterocycles. The zero-order chi connectivity index (χ0) is 40.3. The maximum Gasteiger partial charge on any atom is 0.230 e. The Kier molecular flexibility index (Phi) is 14.4. The average molecular weight is 803 g/mol. The lowest BCUT2D eigenvalue weighted by atomic mass is 9.56. The largest absolute Gasteiger partial charge is 0.460 e. The number of aliphatic hydroxyl groups is 2. The zero-order valence-electron chi connectivity index (χ0n) is 33.9. The van der Waals surface area contributed by atoms with Gasteiger partial charge in [0.25, 0.3) is 0 Å². The molecule has 0 radical (unpaired) electrons. The molecule has 1 aliphatic heterocycles. The van der Waals surface area contributed by atoms with E-state index < -0.39 is 5.79 Å². The summed E-state index contributed by atoms with van der Waals surface area (Å²) in [5.74, 6) is 2.36. The molecule has 3 aliphatic rings. The summed E-state index contributed by atoms with van der Waals surface area (Å²) in [6.07, 6.45) is 14.6. The molecule has 7 rings (SSSR count). The number of nitrogens with zero attached hydrogens (tertiary/aromatic N) is 2. The smallest absolute Gasteiger partial charge is 0.230 e. The van der Waals surface area contributed by atoms with E-state index in [2.05, 4.69) is 80.0 Å². The Morgan fingerprint density at radius 2 is 1.66 bits per heavy atom. The third kappa shape index (κ3) is 9.55. The summed E-state index contributed by atoms with van der Waals surface area (Å²) in [7, 11) is 0. The Balaban J connectivity index is 1.36. The van der Waals surface area contributed by atoms with E-state index in [1.807, 2.05) is 60.6 Å². The van der Waals surface area contributed by atoms with Gasteiger partial charge >= 0.3 is 0 Å². The molecule has 4 aromatic rings. The molecule has 0 bridgehead atoms. The van der Waals surface area contributed by atoms with Gasteiger partial charge in [-0.1, -0.05) is 66.5 Å². The minimum absolute atomic E-state index is 0.0161. The van der Waals surface area contributed by atoms with Crippen LogP contribution in [0.1, 0.15) is 78.7 Å². The third-order valence-electron chi connectivity index (χ3n) is 12.0. The van der Waals surface area contributed by atoms with E-state index in [0.717, 1.165) is 90.4 Å². The zero-order valence-corrected chi connectivity index (χ0v) is 34.7. The third-order valence-corrected chi connectivity index (χ3v) is 13.4. The first-order chi connectivity index (χ1) is 28.4. The molecule has 0 saturated heterocycles. The number of ether oxygens (including phenoxy) is 3. The van der Waals surface area contributed by atoms with Crippen molar-refractivity contribution in [2.75, 3.05) is 25.6 Å². The number of aliphatic hydroxyl groups excluding tert-OH is 2. The van der Waals surface area contributed by atoms with Crippen molar-refractivity contribution in [2.24, 2.45) is 22.9 Å². The number of allylic oxidation sites excluding steroid dienone is 1.